The summed E-state index contributed by atoms with van der Waals surface area (Å²) in [4.78, 5) is 0. The van der Waals surface area contributed by atoms with Gasteiger partial charge in [-0.15, -0.1) is 0 Å². The molecule has 0 spiro atoms. The number of rotatable bonds is 4. The lowest BCUT2D eigenvalue weighted by Crippen LogP contribution is -2.25. The van der Waals surface area contributed by atoms with Gasteiger partial charge >= 0.3 is 0 Å². The minimum atomic E-state index is -1.38. The van der Waals surface area contributed by atoms with E-state index < -0.39 is 7.38 Å². The Balaban J connectivity index is 3.96. The standard InChI is InChI=1S/C9H21ClSi/c1-6-9(7-8(2)3)11(4,5)10/h8-9H,6-7H2,1-5H3. The highest BCUT2D eigenvalue weighted by molar-refractivity contribution is 7.19. The zero-order valence-electron chi connectivity index (χ0n) is 8.45. The van der Waals surface area contributed by atoms with Crippen LogP contribution in [0.1, 0.15) is 33.6 Å². The summed E-state index contributed by atoms with van der Waals surface area (Å²) >= 11 is 6.38. The third-order valence-electron chi connectivity index (χ3n) is 2.22. The summed E-state index contributed by atoms with van der Waals surface area (Å²) in [6.07, 6.45) is 2.56. The Bertz CT molecular complexity index is 105. The van der Waals surface area contributed by atoms with E-state index in [0.717, 1.165) is 11.5 Å². The first-order chi connectivity index (χ1) is 4.88. The van der Waals surface area contributed by atoms with Gasteiger partial charge in [0.1, 0.15) is 0 Å². The van der Waals surface area contributed by atoms with E-state index in [9.17, 15) is 0 Å². The molecule has 0 aromatic heterocycles. The normalized spacial score (nSPS) is 15.5. The van der Waals surface area contributed by atoms with Crippen LogP contribution in [0.3, 0.4) is 0 Å². The molecule has 0 bridgehead atoms. The maximum absolute atomic E-state index is 6.38. The van der Waals surface area contributed by atoms with Crippen LogP contribution in [0.25, 0.3) is 0 Å². The van der Waals surface area contributed by atoms with Gasteiger partial charge in [-0.25, -0.2) is 0 Å². The van der Waals surface area contributed by atoms with Gasteiger partial charge in [-0.3, -0.25) is 0 Å². The van der Waals surface area contributed by atoms with Gasteiger partial charge in [0.2, 0.25) is 0 Å². The molecule has 68 valence electrons. The van der Waals surface area contributed by atoms with E-state index >= 15 is 0 Å². The molecule has 0 rings (SSSR count). The van der Waals surface area contributed by atoms with Crippen molar-refractivity contribution < 1.29 is 0 Å². The SMILES string of the molecule is CCC(CC(C)C)[Si](C)(C)Cl. The van der Waals surface area contributed by atoms with Gasteiger partial charge in [-0.2, -0.15) is 11.1 Å². The largest absolute Gasteiger partial charge is 0.167 e. The predicted molar refractivity (Wildman–Crippen MR) is 56.8 cm³/mol. The van der Waals surface area contributed by atoms with Crippen molar-refractivity contribution in [1.29, 1.82) is 0 Å². The fourth-order valence-corrected chi connectivity index (χ4v) is 4.23. The lowest BCUT2D eigenvalue weighted by atomic mass is 10.1. The Labute approximate surface area is 77.0 Å². The van der Waals surface area contributed by atoms with Crippen molar-refractivity contribution in [1.82, 2.24) is 0 Å². The second-order valence-corrected chi connectivity index (χ2v) is 11.2. The van der Waals surface area contributed by atoms with Crippen molar-refractivity contribution in [2.24, 2.45) is 5.92 Å². The first-order valence-electron chi connectivity index (χ1n) is 4.56. The maximum atomic E-state index is 6.38. The van der Waals surface area contributed by atoms with Gasteiger partial charge in [0.25, 0.3) is 0 Å². The molecule has 2 heteroatoms. The fraction of sp³-hybridized carbons (Fsp3) is 1.00. The molecule has 0 aliphatic rings. The van der Waals surface area contributed by atoms with Crippen LogP contribution < -0.4 is 0 Å². The zero-order chi connectivity index (χ0) is 9.07. The van der Waals surface area contributed by atoms with Gasteiger partial charge in [0.05, 0.1) is 0 Å². The molecule has 1 atom stereocenters. The molecule has 0 fully saturated rings. The van der Waals surface area contributed by atoms with Crippen LogP contribution in [0.4, 0.5) is 0 Å². The van der Waals surface area contributed by atoms with E-state index in [0.29, 0.717) is 0 Å². The lowest BCUT2D eigenvalue weighted by Gasteiger charge is -2.26. The zero-order valence-corrected chi connectivity index (χ0v) is 10.2. The highest BCUT2D eigenvalue weighted by atomic mass is 35.6. The van der Waals surface area contributed by atoms with Crippen molar-refractivity contribution in [3.8, 4) is 0 Å². The smallest absolute Gasteiger partial charge is 0.153 e. The van der Waals surface area contributed by atoms with Crippen LogP contribution in [-0.4, -0.2) is 7.38 Å². The Morgan fingerprint density at radius 2 is 1.73 bits per heavy atom. The number of hydrogen-bond donors (Lipinski definition) is 0. The Morgan fingerprint density at radius 3 is 1.82 bits per heavy atom. The quantitative estimate of drug-likeness (QED) is 0.462. The highest BCUT2D eigenvalue weighted by Crippen LogP contribution is 2.34. The van der Waals surface area contributed by atoms with Crippen molar-refractivity contribution >= 4 is 18.5 Å². The van der Waals surface area contributed by atoms with Crippen molar-refractivity contribution in [3.05, 3.63) is 0 Å². The average Bonchev–Trinajstić information content (AvgIpc) is 1.79. The lowest BCUT2D eigenvalue weighted by molar-refractivity contribution is 0.541. The summed E-state index contributed by atoms with van der Waals surface area (Å²) in [6.45, 7) is 11.3. The van der Waals surface area contributed by atoms with Gasteiger partial charge < -0.3 is 0 Å². The van der Waals surface area contributed by atoms with Crippen LogP contribution in [0, 0.1) is 5.92 Å². The average molecular weight is 193 g/mol. The summed E-state index contributed by atoms with van der Waals surface area (Å²) < 4.78 is 0. The molecule has 1 unspecified atom stereocenters. The molecule has 0 nitrogen and oxygen atoms in total. The second kappa shape index (κ2) is 4.51. The van der Waals surface area contributed by atoms with Gasteiger partial charge in [-0.05, 0) is 17.9 Å². The van der Waals surface area contributed by atoms with E-state index in [2.05, 4.69) is 33.9 Å². The molecule has 0 radical (unpaired) electrons. The van der Waals surface area contributed by atoms with Crippen molar-refractivity contribution in [3.63, 3.8) is 0 Å². The Hall–Kier alpha value is 0.507. The van der Waals surface area contributed by atoms with Crippen molar-refractivity contribution in [2.75, 3.05) is 0 Å². The maximum Gasteiger partial charge on any atom is 0.153 e. The molecule has 0 aliphatic heterocycles. The monoisotopic (exact) mass is 192 g/mol. The summed E-state index contributed by atoms with van der Waals surface area (Å²) in [7, 11) is -1.38. The first kappa shape index (κ1) is 11.5. The van der Waals surface area contributed by atoms with E-state index in [1.807, 2.05) is 0 Å². The van der Waals surface area contributed by atoms with E-state index in [4.69, 9.17) is 11.1 Å². The molecule has 0 amide bonds. The molecule has 0 aromatic rings. The Kier molecular flexibility index (Phi) is 4.72. The molecule has 11 heavy (non-hydrogen) atoms. The topological polar surface area (TPSA) is 0 Å². The van der Waals surface area contributed by atoms with E-state index in [1.54, 1.807) is 0 Å². The first-order valence-corrected chi connectivity index (χ1v) is 8.65. The molecule has 0 aromatic carbocycles. The fourth-order valence-electron chi connectivity index (χ4n) is 1.50. The summed E-state index contributed by atoms with van der Waals surface area (Å²) in [6, 6.07) is 0. The molecular formula is C9H21ClSi. The molecular weight excluding hydrogens is 172 g/mol. The number of halogens is 1. The second-order valence-electron chi connectivity index (χ2n) is 4.30. The minimum absolute atomic E-state index is 0.796. The van der Waals surface area contributed by atoms with Crippen LogP contribution in [0.15, 0.2) is 0 Å². The highest BCUT2D eigenvalue weighted by Gasteiger charge is 2.28. The Morgan fingerprint density at radius 1 is 1.27 bits per heavy atom. The molecule has 0 saturated heterocycles. The number of hydrogen-bond acceptors (Lipinski definition) is 0. The van der Waals surface area contributed by atoms with Gasteiger partial charge in [-0.1, -0.05) is 40.3 Å². The summed E-state index contributed by atoms with van der Waals surface area (Å²) in [5, 5.41) is 0. The van der Waals surface area contributed by atoms with Gasteiger partial charge in [0.15, 0.2) is 7.38 Å². The van der Waals surface area contributed by atoms with Crippen LogP contribution >= 0.6 is 11.1 Å². The van der Waals surface area contributed by atoms with Gasteiger partial charge in [0, 0.05) is 0 Å². The van der Waals surface area contributed by atoms with Crippen molar-refractivity contribution in [2.45, 2.75) is 52.2 Å². The van der Waals surface area contributed by atoms with E-state index in [1.165, 1.54) is 12.8 Å². The van der Waals surface area contributed by atoms with E-state index in [-0.39, 0.29) is 0 Å². The summed E-state index contributed by atoms with van der Waals surface area (Å²) in [5.41, 5.74) is 0.796. The minimum Gasteiger partial charge on any atom is -0.167 e. The van der Waals surface area contributed by atoms with Crippen LogP contribution in [0.5, 0.6) is 0 Å². The molecule has 0 saturated carbocycles. The molecule has 0 N–H and O–H groups in total. The summed E-state index contributed by atoms with van der Waals surface area (Å²) in [5.74, 6) is 0.797. The third-order valence-corrected chi connectivity index (χ3v) is 5.73. The predicted octanol–water partition coefficient (Wildman–Crippen LogP) is 4.26. The van der Waals surface area contributed by atoms with Crippen LogP contribution in [-0.2, 0) is 0 Å². The van der Waals surface area contributed by atoms with Crippen LogP contribution in [0.2, 0.25) is 18.6 Å². The molecule has 0 heterocycles. The molecule has 0 aliphatic carbocycles. The third kappa shape index (κ3) is 4.86.